The molecule has 0 radical (unpaired) electrons. The molecule has 2 aromatic rings. The molecule has 3 nitrogen and oxygen atoms in total. The van der Waals surface area contributed by atoms with Gasteiger partial charge in [-0.3, -0.25) is 0 Å². The molecule has 1 aromatic heterocycles. The highest BCUT2D eigenvalue weighted by Gasteiger charge is 2.10. The summed E-state index contributed by atoms with van der Waals surface area (Å²) < 4.78 is 2.04. The van der Waals surface area contributed by atoms with E-state index in [1.807, 2.05) is 17.7 Å². The van der Waals surface area contributed by atoms with E-state index in [1.54, 1.807) is 0 Å². The highest BCUT2D eigenvalue weighted by molar-refractivity contribution is 5.15. The molecular formula is C15H21N3. The fourth-order valence-corrected chi connectivity index (χ4v) is 1.99. The maximum absolute atomic E-state index is 4.55. The molecule has 0 saturated carbocycles. The normalized spacial score (nSPS) is 12.6. The molecule has 0 N–H and O–H groups in total. The molecule has 0 fully saturated rings. The van der Waals surface area contributed by atoms with Crippen LogP contribution in [0.5, 0.6) is 0 Å². The van der Waals surface area contributed by atoms with Crippen LogP contribution >= 0.6 is 0 Å². The smallest absolute Gasteiger partial charge is 0.147 e. The number of rotatable bonds is 5. The fraction of sp³-hybridized carbons (Fsp3) is 0.467. The fourth-order valence-electron chi connectivity index (χ4n) is 1.99. The van der Waals surface area contributed by atoms with Crippen molar-refractivity contribution in [1.82, 2.24) is 14.8 Å². The van der Waals surface area contributed by atoms with Crippen molar-refractivity contribution in [2.45, 2.75) is 40.2 Å². The van der Waals surface area contributed by atoms with Gasteiger partial charge in [0, 0.05) is 6.42 Å². The molecule has 2 rings (SSSR count). The van der Waals surface area contributed by atoms with Crippen LogP contribution in [-0.4, -0.2) is 14.8 Å². The average Bonchev–Trinajstić information content (AvgIpc) is 2.70. The minimum atomic E-state index is 0.656. The first-order valence-corrected chi connectivity index (χ1v) is 6.63. The van der Waals surface area contributed by atoms with Gasteiger partial charge in [0.15, 0.2) is 0 Å². The van der Waals surface area contributed by atoms with Crippen LogP contribution in [0.15, 0.2) is 30.3 Å². The van der Waals surface area contributed by atoms with Gasteiger partial charge < -0.3 is 0 Å². The summed E-state index contributed by atoms with van der Waals surface area (Å²) in [5, 5.41) is 4.50. The third kappa shape index (κ3) is 3.19. The number of benzene rings is 1. The quantitative estimate of drug-likeness (QED) is 0.807. The molecule has 0 aliphatic heterocycles. The minimum Gasteiger partial charge on any atom is -0.245 e. The number of hydrogen-bond donors (Lipinski definition) is 0. The third-order valence-electron chi connectivity index (χ3n) is 3.26. The van der Waals surface area contributed by atoms with Gasteiger partial charge in [0.1, 0.15) is 11.6 Å². The summed E-state index contributed by atoms with van der Waals surface area (Å²) in [5.41, 5.74) is 1.27. The lowest BCUT2D eigenvalue weighted by Gasteiger charge is -2.09. The second-order valence-corrected chi connectivity index (χ2v) is 4.94. The second-order valence-electron chi connectivity index (χ2n) is 4.94. The molecule has 0 bridgehead atoms. The maximum atomic E-state index is 4.55. The maximum Gasteiger partial charge on any atom is 0.147 e. The van der Waals surface area contributed by atoms with Crippen LogP contribution in [0.25, 0.3) is 0 Å². The van der Waals surface area contributed by atoms with E-state index in [-0.39, 0.29) is 0 Å². The summed E-state index contributed by atoms with van der Waals surface area (Å²) in [6.07, 6.45) is 2.18. The number of hydrogen-bond acceptors (Lipinski definition) is 2. The van der Waals surface area contributed by atoms with E-state index in [1.165, 1.54) is 12.0 Å². The Hall–Kier alpha value is -1.64. The van der Waals surface area contributed by atoms with E-state index in [2.05, 4.69) is 48.2 Å². The third-order valence-corrected chi connectivity index (χ3v) is 3.26. The second kappa shape index (κ2) is 5.80. The lowest BCUT2D eigenvalue weighted by molar-refractivity contribution is 0.514. The van der Waals surface area contributed by atoms with Gasteiger partial charge in [0.05, 0.1) is 6.54 Å². The van der Waals surface area contributed by atoms with Crippen LogP contribution in [-0.2, 0) is 13.0 Å². The molecule has 0 unspecified atom stereocenters. The van der Waals surface area contributed by atoms with Crippen molar-refractivity contribution in [3.63, 3.8) is 0 Å². The molecule has 96 valence electrons. The standard InChI is InChI=1S/C15H21N3/c1-4-12(2)10-15-16-13(3)17-18(15)11-14-8-6-5-7-9-14/h5-9,12H,4,10-11H2,1-3H3/t12-/m1/s1. The van der Waals surface area contributed by atoms with Crippen LogP contribution in [0.2, 0.25) is 0 Å². The van der Waals surface area contributed by atoms with Crippen LogP contribution in [0.3, 0.4) is 0 Å². The van der Waals surface area contributed by atoms with E-state index in [0.717, 1.165) is 24.6 Å². The van der Waals surface area contributed by atoms with Crippen molar-refractivity contribution in [2.75, 3.05) is 0 Å². The summed E-state index contributed by atoms with van der Waals surface area (Å²) in [7, 11) is 0. The van der Waals surface area contributed by atoms with E-state index >= 15 is 0 Å². The SMILES string of the molecule is CC[C@@H](C)Cc1nc(C)nn1Cc1ccccc1. The largest absolute Gasteiger partial charge is 0.245 e. The van der Waals surface area contributed by atoms with Gasteiger partial charge in [-0.05, 0) is 18.4 Å². The summed E-state index contributed by atoms with van der Waals surface area (Å²) in [6.45, 7) is 7.25. The zero-order valence-corrected chi connectivity index (χ0v) is 11.4. The Labute approximate surface area is 109 Å². The molecule has 0 amide bonds. The Kier molecular flexibility index (Phi) is 4.13. The van der Waals surface area contributed by atoms with Gasteiger partial charge in [-0.1, -0.05) is 50.6 Å². The summed E-state index contributed by atoms with van der Waals surface area (Å²) in [6, 6.07) is 10.4. The zero-order valence-electron chi connectivity index (χ0n) is 11.4. The van der Waals surface area contributed by atoms with Crippen molar-refractivity contribution in [3.8, 4) is 0 Å². The molecule has 1 atom stereocenters. The molecular weight excluding hydrogens is 222 g/mol. The predicted molar refractivity (Wildman–Crippen MR) is 73.5 cm³/mol. The molecule has 1 heterocycles. The number of nitrogens with zero attached hydrogens (tertiary/aromatic N) is 3. The van der Waals surface area contributed by atoms with Crippen LogP contribution in [0.1, 0.15) is 37.5 Å². The molecule has 0 aliphatic rings. The molecule has 1 aromatic carbocycles. The monoisotopic (exact) mass is 243 g/mol. The summed E-state index contributed by atoms with van der Waals surface area (Å²) in [4.78, 5) is 4.55. The summed E-state index contributed by atoms with van der Waals surface area (Å²) >= 11 is 0. The van der Waals surface area contributed by atoms with Gasteiger partial charge in [0.25, 0.3) is 0 Å². The Morgan fingerprint density at radius 2 is 1.94 bits per heavy atom. The van der Waals surface area contributed by atoms with Gasteiger partial charge in [-0.25, -0.2) is 9.67 Å². The first-order valence-electron chi connectivity index (χ1n) is 6.63. The summed E-state index contributed by atoms with van der Waals surface area (Å²) in [5.74, 6) is 2.62. The van der Waals surface area contributed by atoms with Gasteiger partial charge >= 0.3 is 0 Å². The average molecular weight is 243 g/mol. The zero-order chi connectivity index (χ0) is 13.0. The Bertz CT molecular complexity index is 488. The van der Waals surface area contributed by atoms with Gasteiger partial charge in [-0.15, -0.1) is 0 Å². The molecule has 0 spiro atoms. The molecule has 0 saturated heterocycles. The van der Waals surface area contributed by atoms with Crippen molar-refractivity contribution < 1.29 is 0 Å². The minimum absolute atomic E-state index is 0.656. The highest BCUT2D eigenvalue weighted by Crippen LogP contribution is 2.12. The van der Waals surface area contributed by atoms with E-state index in [0.29, 0.717) is 5.92 Å². The van der Waals surface area contributed by atoms with E-state index in [9.17, 15) is 0 Å². The first kappa shape index (κ1) is 12.8. The van der Waals surface area contributed by atoms with E-state index in [4.69, 9.17) is 0 Å². The van der Waals surface area contributed by atoms with Crippen molar-refractivity contribution >= 4 is 0 Å². The predicted octanol–water partition coefficient (Wildman–Crippen LogP) is 3.22. The number of aromatic nitrogens is 3. The Morgan fingerprint density at radius 1 is 1.22 bits per heavy atom. The van der Waals surface area contributed by atoms with Crippen molar-refractivity contribution in [3.05, 3.63) is 47.5 Å². The van der Waals surface area contributed by atoms with Crippen molar-refractivity contribution in [2.24, 2.45) is 5.92 Å². The van der Waals surface area contributed by atoms with Gasteiger partial charge in [-0.2, -0.15) is 5.10 Å². The Balaban J connectivity index is 2.17. The molecule has 0 aliphatic carbocycles. The van der Waals surface area contributed by atoms with Crippen LogP contribution < -0.4 is 0 Å². The lowest BCUT2D eigenvalue weighted by Crippen LogP contribution is -2.10. The van der Waals surface area contributed by atoms with Crippen molar-refractivity contribution in [1.29, 1.82) is 0 Å². The van der Waals surface area contributed by atoms with Gasteiger partial charge in [0.2, 0.25) is 0 Å². The van der Waals surface area contributed by atoms with Crippen LogP contribution in [0, 0.1) is 12.8 Å². The van der Waals surface area contributed by atoms with Crippen LogP contribution in [0.4, 0.5) is 0 Å². The topological polar surface area (TPSA) is 30.7 Å². The lowest BCUT2D eigenvalue weighted by atomic mass is 10.1. The Morgan fingerprint density at radius 3 is 2.61 bits per heavy atom. The van der Waals surface area contributed by atoms with E-state index < -0.39 is 0 Å². The molecule has 3 heteroatoms. The highest BCUT2D eigenvalue weighted by atomic mass is 15.3. The molecule has 18 heavy (non-hydrogen) atoms. The number of aryl methyl sites for hydroxylation is 1. The first-order chi connectivity index (χ1) is 8.69.